The zero-order valence-corrected chi connectivity index (χ0v) is 15.7. The fourth-order valence-electron chi connectivity index (χ4n) is 3.85. The Morgan fingerprint density at radius 1 is 1.15 bits per heavy atom. The second-order valence-electron chi connectivity index (χ2n) is 7.66. The number of likely N-dealkylation sites (tertiary alicyclic amines) is 1. The van der Waals surface area contributed by atoms with E-state index < -0.39 is 17.8 Å². The number of fused-ring (bicyclic) bond motifs is 1. The second kappa shape index (κ2) is 8.03. The van der Waals surface area contributed by atoms with Gasteiger partial charge in [-0.05, 0) is 31.2 Å². The van der Waals surface area contributed by atoms with E-state index in [1.807, 2.05) is 26.0 Å². The molecule has 6 heteroatoms. The minimum absolute atomic E-state index is 0.0186. The Morgan fingerprint density at radius 3 is 2.30 bits per heavy atom. The maximum atomic E-state index is 13.8. The standard InChI is InChI=1S/C21H25FN2O3/c1-13(2)11-18(19(25)23-12-14-7-3-6-10-17(14)22)24-20(26)15-8-4-5-9-16(15)21(24)27/h3-7,10,13,15-16,18H,8-9,11-12H2,1-2H3,(H,23,25)/t15-,16-,18-/m0/s1. The molecule has 3 rings (SSSR count). The van der Waals surface area contributed by atoms with E-state index in [1.165, 1.54) is 11.0 Å². The molecule has 1 fully saturated rings. The molecule has 2 aliphatic rings. The molecule has 0 bridgehead atoms. The molecule has 1 aliphatic carbocycles. The van der Waals surface area contributed by atoms with Gasteiger partial charge in [-0.2, -0.15) is 0 Å². The number of rotatable bonds is 6. The van der Waals surface area contributed by atoms with Crippen molar-refractivity contribution in [3.8, 4) is 0 Å². The van der Waals surface area contributed by atoms with E-state index in [4.69, 9.17) is 0 Å². The van der Waals surface area contributed by atoms with Crippen molar-refractivity contribution >= 4 is 17.7 Å². The molecule has 1 heterocycles. The average Bonchev–Trinajstić information content (AvgIpc) is 2.90. The van der Waals surface area contributed by atoms with Crippen LogP contribution in [0.5, 0.6) is 0 Å². The zero-order valence-electron chi connectivity index (χ0n) is 15.7. The van der Waals surface area contributed by atoms with Gasteiger partial charge in [0.1, 0.15) is 11.9 Å². The van der Waals surface area contributed by atoms with Gasteiger partial charge < -0.3 is 5.32 Å². The van der Waals surface area contributed by atoms with Crippen LogP contribution in [0.15, 0.2) is 36.4 Å². The lowest BCUT2D eigenvalue weighted by Gasteiger charge is -2.27. The van der Waals surface area contributed by atoms with Crippen molar-refractivity contribution in [2.24, 2.45) is 17.8 Å². The van der Waals surface area contributed by atoms with Gasteiger partial charge in [-0.25, -0.2) is 4.39 Å². The van der Waals surface area contributed by atoms with Crippen LogP contribution in [0, 0.1) is 23.6 Å². The van der Waals surface area contributed by atoms with Gasteiger partial charge in [-0.3, -0.25) is 19.3 Å². The number of amides is 3. The summed E-state index contributed by atoms with van der Waals surface area (Å²) < 4.78 is 13.8. The summed E-state index contributed by atoms with van der Waals surface area (Å²) in [6.45, 7) is 3.90. The van der Waals surface area contributed by atoms with Gasteiger partial charge >= 0.3 is 0 Å². The minimum atomic E-state index is -0.859. The van der Waals surface area contributed by atoms with Gasteiger partial charge in [0.15, 0.2) is 0 Å². The Labute approximate surface area is 158 Å². The van der Waals surface area contributed by atoms with Gasteiger partial charge in [0.25, 0.3) is 0 Å². The number of nitrogens with zero attached hydrogens (tertiary/aromatic N) is 1. The number of benzene rings is 1. The molecule has 1 saturated heterocycles. The van der Waals surface area contributed by atoms with Crippen molar-refractivity contribution in [3.63, 3.8) is 0 Å². The summed E-state index contributed by atoms with van der Waals surface area (Å²) in [5, 5.41) is 2.70. The highest BCUT2D eigenvalue weighted by molar-refractivity contribution is 6.08. The number of carbonyl (C=O) groups is 3. The van der Waals surface area contributed by atoms with Crippen LogP contribution in [0.3, 0.4) is 0 Å². The van der Waals surface area contributed by atoms with Crippen LogP contribution in [-0.4, -0.2) is 28.7 Å². The summed E-state index contributed by atoms with van der Waals surface area (Å²) in [5.74, 6) is -1.95. The topological polar surface area (TPSA) is 66.5 Å². The Balaban J connectivity index is 1.77. The Morgan fingerprint density at radius 2 is 1.74 bits per heavy atom. The Hall–Kier alpha value is -2.50. The number of hydrogen-bond donors (Lipinski definition) is 1. The number of imide groups is 1. The van der Waals surface area contributed by atoms with Crippen molar-refractivity contribution in [1.29, 1.82) is 0 Å². The highest BCUT2D eigenvalue weighted by atomic mass is 19.1. The van der Waals surface area contributed by atoms with Crippen molar-refractivity contribution in [3.05, 3.63) is 47.8 Å². The summed E-state index contributed by atoms with van der Waals surface area (Å²) in [7, 11) is 0. The number of carbonyl (C=O) groups excluding carboxylic acids is 3. The Bertz CT molecular complexity index is 748. The van der Waals surface area contributed by atoms with Crippen LogP contribution in [0.4, 0.5) is 4.39 Å². The third-order valence-electron chi connectivity index (χ3n) is 5.26. The van der Waals surface area contributed by atoms with E-state index in [2.05, 4.69) is 5.32 Å². The number of nitrogens with one attached hydrogen (secondary N) is 1. The predicted molar refractivity (Wildman–Crippen MR) is 98.7 cm³/mol. The quantitative estimate of drug-likeness (QED) is 0.617. The lowest BCUT2D eigenvalue weighted by atomic mass is 9.85. The lowest BCUT2D eigenvalue weighted by molar-refractivity contribution is -0.148. The van der Waals surface area contributed by atoms with Crippen molar-refractivity contribution in [2.45, 2.75) is 45.7 Å². The molecule has 0 saturated carbocycles. The molecule has 3 atom stereocenters. The average molecular weight is 372 g/mol. The van der Waals surface area contributed by atoms with E-state index in [9.17, 15) is 18.8 Å². The number of hydrogen-bond acceptors (Lipinski definition) is 3. The molecule has 1 N–H and O–H groups in total. The second-order valence-corrected chi connectivity index (χ2v) is 7.66. The van der Waals surface area contributed by atoms with E-state index in [1.54, 1.807) is 18.2 Å². The van der Waals surface area contributed by atoms with Crippen molar-refractivity contribution in [2.75, 3.05) is 0 Å². The molecular formula is C21H25FN2O3. The van der Waals surface area contributed by atoms with Crippen LogP contribution in [0.1, 0.15) is 38.7 Å². The smallest absolute Gasteiger partial charge is 0.243 e. The first-order valence-electron chi connectivity index (χ1n) is 9.43. The summed E-state index contributed by atoms with van der Waals surface area (Å²) in [5.41, 5.74) is 0.367. The van der Waals surface area contributed by atoms with Crippen molar-refractivity contribution in [1.82, 2.24) is 10.2 Å². The van der Waals surface area contributed by atoms with Crippen LogP contribution >= 0.6 is 0 Å². The van der Waals surface area contributed by atoms with Gasteiger partial charge in [-0.15, -0.1) is 0 Å². The van der Waals surface area contributed by atoms with Crippen molar-refractivity contribution < 1.29 is 18.8 Å². The maximum absolute atomic E-state index is 13.8. The van der Waals surface area contributed by atoms with Gasteiger partial charge in [0, 0.05) is 12.1 Å². The third-order valence-corrected chi connectivity index (χ3v) is 5.26. The van der Waals surface area contributed by atoms with E-state index in [-0.39, 0.29) is 36.1 Å². The third kappa shape index (κ3) is 3.94. The van der Waals surface area contributed by atoms with E-state index in [0.29, 0.717) is 24.8 Å². The largest absolute Gasteiger partial charge is 0.350 e. The van der Waals surface area contributed by atoms with Gasteiger partial charge in [0.2, 0.25) is 17.7 Å². The molecule has 27 heavy (non-hydrogen) atoms. The van der Waals surface area contributed by atoms with Crippen LogP contribution in [0.2, 0.25) is 0 Å². The van der Waals surface area contributed by atoms with Crippen LogP contribution in [-0.2, 0) is 20.9 Å². The summed E-state index contributed by atoms with van der Waals surface area (Å²) in [6.07, 6.45) is 5.30. The minimum Gasteiger partial charge on any atom is -0.350 e. The van der Waals surface area contributed by atoms with Gasteiger partial charge in [0.05, 0.1) is 11.8 Å². The van der Waals surface area contributed by atoms with Crippen LogP contribution < -0.4 is 5.32 Å². The summed E-state index contributed by atoms with van der Waals surface area (Å²) in [4.78, 5) is 39.7. The molecule has 0 aromatic heterocycles. The molecule has 144 valence electrons. The first-order valence-corrected chi connectivity index (χ1v) is 9.43. The molecular weight excluding hydrogens is 347 g/mol. The molecule has 1 aromatic carbocycles. The molecule has 1 aromatic rings. The van der Waals surface area contributed by atoms with E-state index >= 15 is 0 Å². The normalized spacial score (nSPS) is 22.9. The van der Waals surface area contributed by atoms with Crippen LogP contribution in [0.25, 0.3) is 0 Å². The fraction of sp³-hybridized carbons (Fsp3) is 0.476. The number of allylic oxidation sites excluding steroid dienone is 2. The predicted octanol–water partition coefficient (Wildman–Crippen LogP) is 2.81. The molecule has 0 radical (unpaired) electrons. The Kier molecular flexibility index (Phi) is 5.73. The highest BCUT2D eigenvalue weighted by Crippen LogP contribution is 2.37. The zero-order chi connectivity index (χ0) is 19.6. The maximum Gasteiger partial charge on any atom is 0.243 e. The molecule has 5 nitrogen and oxygen atoms in total. The first-order chi connectivity index (χ1) is 12.9. The monoisotopic (exact) mass is 372 g/mol. The fourth-order valence-corrected chi connectivity index (χ4v) is 3.85. The SMILES string of the molecule is CC(C)C[C@@H](C(=O)NCc1ccccc1F)N1C(=O)[C@H]2CC=CC[C@@H]2C1=O. The van der Waals surface area contributed by atoms with E-state index in [0.717, 1.165) is 0 Å². The summed E-state index contributed by atoms with van der Waals surface area (Å²) in [6, 6.07) is 5.35. The molecule has 0 spiro atoms. The lowest BCUT2D eigenvalue weighted by Crippen LogP contribution is -2.50. The molecule has 1 aliphatic heterocycles. The first kappa shape index (κ1) is 19.3. The highest BCUT2D eigenvalue weighted by Gasteiger charge is 2.51. The number of halogens is 1. The summed E-state index contributed by atoms with van der Waals surface area (Å²) >= 11 is 0. The molecule has 0 unspecified atom stereocenters. The van der Waals surface area contributed by atoms with Gasteiger partial charge in [-0.1, -0.05) is 44.2 Å². The molecule has 3 amide bonds.